The van der Waals surface area contributed by atoms with E-state index in [0.29, 0.717) is 66.1 Å². The summed E-state index contributed by atoms with van der Waals surface area (Å²) in [6.45, 7) is 6.60. The number of fused-ring (bicyclic) bond motifs is 3. The lowest BCUT2D eigenvalue weighted by atomic mass is 9.86. The van der Waals surface area contributed by atoms with E-state index < -0.39 is 10.0 Å². The highest BCUT2D eigenvalue weighted by atomic mass is 32.2. The van der Waals surface area contributed by atoms with Crippen LogP contribution in [0.1, 0.15) is 48.9 Å². The van der Waals surface area contributed by atoms with E-state index in [1.165, 1.54) is 28.4 Å². The van der Waals surface area contributed by atoms with E-state index in [-0.39, 0.29) is 51.7 Å². The maximum atomic E-state index is 14.6. The largest absolute Gasteiger partial charge is 0.508 e. The molecule has 290 valence electrons. The minimum absolute atomic E-state index is 0.0417. The Balaban J connectivity index is 1.06. The Labute approximate surface area is 329 Å². The molecule has 2 atom stereocenters. The molecule has 8 heterocycles. The molecule has 13 nitrogen and oxygen atoms in total. The van der Waals surface area contributed by atoms with Gasteiger partial charge in [0.15, 0.2) is 5.65 Å². The summed E-state index contributed by atoms with van der Waals surface area (Å²) in [5.74, 6) is 0.528. The van der Waals surface area contributed by atoms with Gasteiger partial charge in [0, 0.05) is 98.0 Å². The molecule has 1 amide bonds. The molecule has 0 spiro atoms. The molecule has 2 bridgehead atoms. The van der Waals surface area contributed by atoms with Gasteiger partial charge in [-0.25, -0.2) is 26.7 Å². The maximum absolute atomic E-state index is 14.6. The van der Waals surface area contributed by atoms with Crippen molar-refractivity contribution >= 4 is 32.8 Å². The number of halogens is 1. The zero-order valence-corrected chi connectivity index (χ0v) is 32.3. The Hall–Kier alpha value is -6.11. The quantitative estimate of drug-likeness (QED) is 0.198. The Morgan fingerprint density at radius 1 is 0.947 bits per heavy atom. The summed E-state index contributed by atoms with van der Waals surface area (Å²) in [7, 11) is -4.19. The molecular formula is C42H40FN9O4S. The first-order valence-electron chi connectivity index (χ1n) is 19.0. The molecule has 0 saturated carbocycles. The molecule has 15 heteroatoms. The molecule has 4 aliphatic rings. The minimum atomic E-state index is -4.19. The van der Waals surface area contributed by atoms with Crippen molar-refractivity contribution in [3.63, 3.8) is 0 Å². The van der Waals surface area contributed by atoms with Crippen molar-refractivity contribution in [2.45, 2.75) is 62.7 Å². The fourth-order valence-electron chi connectivity index (χ4n) is 8.63. The molecule has 4 saturated heterocycles. The summed E-state index contributed by atoms with van der Waals surface area (Å²) in [4.78, 5) is 27.8. The summed E-state index contributed by atoms with van der Waals surface area (Å²) in [6.07, 6.45) is 9.07. The third-order valence-corrected chi connectivity index (χ3v) is 13.5. The van der Waals surface area contributed by atoms with Crippen molar-refractivity contribution in [2.24, 2.45) is 0 Å². The summed E-state index contributed by atoms with van der Waals surface area (Å²) in [5.41, 5.74) is 4.02. The molecular weight excluding hydrogens is 746 g/mol. The van der Waals surface area contributed by atoms with Gasteiger partial charge in [-0.15, -0.1) is 0 Å². The Morgan fingerprint density at radius 2 is 1.70 bits per heavy atom. The van der Waals surface area contributed by atoms with Crippen LogP contribution in [0.25, 0.3) is 33.4 Å². The summed E-state index contributed by atoms with van der Waals surface area (Å²) < 4.78 is 46.1. The smallest absolute Gasteiger partial charge is 0.269 e. The predicted octanol–water partition coefficient (Wildman–Crippen LogP) is 5.87. The monoisotopic (exact) mass is 785 g/mol. The molecule has 10 rings (SSSR count). The van der Waals surface area contributed by atoms with E-state index in [1.807, 2.05) is 34.8 Å². The lowest BCUT2D eigenvalue weighted by Crippen LogP contribution is -2.68. The van der Waals surface area contributed by atoms with E-state index in [2.05, 4.69) is 26.0 Å². The van der Waals surface area contributed by atoms with Crippen LogP contribution in [-0.4, -0.2) is 91.2 Å². The molecule has 0 radical (unpaired) electrons. The Kier molecular flexibility index (Phi) is 9.05. The fraction of sp³-hybridized carbons (Fsp3) is 0.310. The number of piperazine rings is 1. The van der Waals surface area contributed by atoms with Crippen molar-refractivity contribution in [3.05, 3.63) is 108 Å². The topological polar surface area (TPSA) is 153 Å². The highest BCUT2D eigenvalue weighted by Crippen LogP contribution is 2.40. The van der Waals surface area contributed by atoms with E-state index in [1.54, 1.807) is 49.6 Å². The highest BCUT2D eigenvalue weighted by Gasteiger charge is 2.45. The number of benzene rings is 2. The Morgan fingerprint density at radius 3 is 2.39 bits per heavy atom. The van der Waals surface area contributed by atoms with Crippen LogP contribution in [0, 0.1) is 24.1 Å². The molecule has 2 aromatic carbocycles. The van der Waals surface area contributed by atoms with Gasteiger partial charge < -0.3 is 14.9 Å². The van der Waals surface area contributed by atoms with Gasteiger partial charge in [0.1, 0.15) is 23.5 Å². The summed E-state index contributed by atoms with van der Waals surface area (Å²) in [5, 5.41) is 25.8. The average molecular weight is 786 g/mol. The maximum Gasteiger partial charge on any atom is 0.269 e. The van der Waals surface area contributed by atoms with E-state index in [4.69, 9.17) is 4.98 Å². The second kappa shape index (κ2) is 14.1. The lowest BCUT2D eigenvalue weighted by molar-refractivity contribution is -0.130. The second-order valence-electron chi connectivity index (χ2n) is 15.3. The highest BCUT2D eigenvalue weighted by molar-refractivity contribution is 7.90. The number of rotatable bonds is 8. The van der Waals surface area contributed by atoms with Crippen molar-refractivity contribution in [2.75, 3.05) is 31.1 Å². The van der Waals surface area contributed by atoms with Gasteiger partial charge >= 0.3 is 0 Å². The third kappa shape index (κ3) is 6.48. The van der Waals surface area contributed by atoms with Crippen LogP contribution >= 0.6 is 0 Å². The van der Waals surface area contributed by atoms with Crippen molar-refractivity contribution < 1.29 is 22.7 Å². The van der Waals surface area contributed by atoms with Gasteiger partial charge in [0.25, 0.3) is 10.0 Å². The number of anilines is 1. The Bertz CT molecular complexity index is 2670. The van der Waals surface area contributed by atoms with Gasteiger partial charge in [-0.2, -0.15) is 10.4 Å². The molecule has 0 aliphatic carbocycles. The number of nitrogens with zero attached hydrogens (tertiary/aromatic N) is 9. The zero-order chi connectivity index (χ0) is 39.6. The number of phenolic OH excluding ortho intramolecular Hbond substituents is 1. The number of aryl methyl sites for hydroxylation is 1. The van der Waals surface area contributed by atoms with Crippen molar-refractivity contribution in [1.82, 2.24) is 33.5 Å². The molecule has 4 aromatic heterocycles. The molecule has 2 unspecified atom stereocenters. The number of phenols is 1. The van der Waals surface area contributed by atoms with Crippen molar-refractivity contribution in [1.29, 1.82) is 5.26 Å². The number of hydrogen-bond donors (Lipinski definition) is 1. The van der Waals surface area contributed by atoms with Crippen LogP contribution in [0.4, 0.5) is 10.2 Å². The average Bonchev–Trinajstić information content (AvgIpc) is 3.87. The summed E-state index contributed by atoms with van der Waals surface area (Å²) in [6, 6.07) is 19.0. The second-order valence-corrected chi connectivity index (χ2v) is 17.0. The standard InChI is InChI=1S/C42H40FN9O4S/c1-26-3-7-36(8-4-26)57(55,56)52-38(31-21-47-51(23-31)33-11-13-48(14-12-33)27(2)53)17-37-41(30(18-44)20-46-42(37)52)28-5-10-40(45-19-28)49-24-34-16-35(25-49)50(34)22-29-15-32(43)6-9-39(29)54/h3-10,15,17,19-21,23,33-35,54H,11-14,16,22,24-25H2,1-2H3. The first kappa shape index (κ1) is 36.5. The van der Waals surface area contributed by atoms with E-state index in [9.17, 15) is 28.0 Å². The fourth-order valence-corrected chi connectivity index (χ4v) is 10.1. The lowest BCUT2D eigenvalue weighted by Gasteiger charge is -2.56. The van der Waals surface area contributed by atoms with Crippen LogP contribution in [0.3, 0.4) is 0 Å². The molecule has 6 aromatic rings. The van der Waals surface area contributed by atoms with Crippen LogP contribution < -0.4 is 4.90 Å². The van der Waals surface area contributed by atoms with Crippen LogP contribution in [-0.2, 0) is 21.4 Å². The number of nitriles is 1. The summed E-state index contributed by atoms with van der Waals surface area (Å²) >= 11 is 0. The van der Waals surface area contributed by atoms with Gasteiger partial charge in [0.2, 0.25) is 5.91 Å². The van der Waals surface area contributed by atoms with Gasteiger partial charge in [0.05, 0.1) is 28.4 Å². The first-order chi connectivity index (χ1) is 27.5. The number of amides is 1. The SMILES string of the molecule is CC(=O)N1CCC(n2cc(-c3cc4c(-c5ccc(N6CC7CC(C6)N7Cc6cc(F)ccc6O)nc5)c(C#N)cnc4n3S(=O)(=O)c3ccc(C)cc3)cn2)CC1. The van der Waals surface area contributed by atoms with Gasteiger partial charge in [-0.05, 0) is 74.7 Å². The van der Waals surface area contributed by atoms with E-state index in [0.717, 1.165) is 30.6 Å². The molecule has 1 N–H and O–H groups in total. The molecule has 57 heavy (non-hydrogen) atoms. The van der Waals surface area contributed by atoms with Crippen LogP contribution in [0.15, 0.2) is 90.3 Å². The number of carbonyl (C=O) groups is 1. The predicted molar refractivity (Wildman–Crippen MR) is 211 cm³/mol. The van der Waals surface area contributed by atoms with Crippen LogP contribution in [0.5, 0.6) is 5.75 Å². The number of hydrogen-bond acceptors (Lipinski definition) is 10. The zero-order valence-electron chi connectivity index (χ0n) is 31.5. The molecule has 4 fully saturated rings. The van der Waals surface area contributed by atoms with Crippen molar-refractivity contribution in [3.8, 4) is 34.2 Å². The van der Waals surface area contributed by atoms with E-state index >= 15 is 0 Å². The van der Waals surface area contributed by atoms with Crippen LogP contribution in [0.2, 0.25) is 0 Å². The third-order valence-electron chi connectivity index (χ3n) is 11.7. The number of piperidine rings is 2. The number of likely N-dealkylation sites (tertiary alicyclic amines) is 1. The molecule has 4 aliphatic heterocycles. The normalized spacial score (nSPS) is 18.8. The number of pyridine rings is 2. The number of aromatic hydroxyl groups is 1. The first-order valence-corrected chi connectivity index (χ1v) is 20.4. The number of aromatic nitrogens is 5. The van der Waals surface area contributed by atoms with Gasteiger partial charge in [-0.3, -0.25) is 14.4 Å². The minimum Gasteiger partial charge on any atom is -0.508 e. The number of carbonyl (C=O) groups excluding carboxylic acids is 1. The van der Waals surface area contributed by atoms with Gasteiger partial charge in [-0.1, -0.05) is 17.7 Å².